The van der Waals surface area contributed by atoms with Crippen molar-refractivity contribution in [3.8, 4) is 0 Å². The van der Waals surface area contributed by atoms with E-state index < -0.39 is 0 Å². The molecule has 0 aliphatic carbocycles. The van der Waals surface area contributed by atoms with Crippen LogP contribution in [-0.4, -0.2) is 25.3 Å². The molecule has 0 amide bonds. The molecule has 0 N–H and O–H groups in total. The first kappa shape index (κ1) is 12.7. The number of hydrogen-bond acceptors (Lipinski definition) is 2. The van der Waals surface area contributed by atoms with Gasteiger partial charge in [0.2, 0.25) is 0 Å². The van der Waals surface area contributed by atoms with Crippen LogP contribution >= 0.6 is 11.6 Å². The summed E-state index contributed by atoms with van der Waals surface area (Å²) in [7, 11) is 0. The lowest BCUT2D eigenvalue weighted by molar-refractivity contribution is 0.0344. The molecule has 1 aromatic rings. The Morgan fingerprint density at radius 1 is 1.41 bits per heavy atom. The van der Waals surface area contributed by atoms with Crippen molar-refractivity contribution >= 4 is 17.3 Å². The third-order valence-corrected chi connectivity index (χ3v) is 3.70. The lowest BCUT2D eigenvalue weighted by atomic mass is 10.1. The number of anilines is 1. The maximum atomic E-state index is 5.89. The average Bonchev–Trinajstić information content (AvgIpc) is 2.32. The number of halogens is 1. The number of morpholine rings is 1. The van der Waals surface area contributed by atoms with Crippen LogP contribution in [0.2, 0.25) is 0 Å². The Balaban J connectivity index is 2.23. The molecule has 94 valence electrons. The van der Waals surface area contributed by atoms with Crippen LogP contribution < -0.4 is 4.90 Å². The number of benzene rings is 1. The van der Waals surface area contributed by atoms with Crippen LogP contribution in [0.4, 0.5) is 5.69 Å². The quantitative estimate of drug-likeness (QED) is 0.750. The highest BCUT2D eigenvalue weighted by molar-refractivity contribution is 6.17. The summed E-state index contributed by atoms with van der Waals surface area (Å²) in [5.74, 6) is 0.585. The Bertz CT molecular complexity index is 394. The minimum Gasteiger partial charge on any atom is -0.375 e. The van der Waals surface area contributed by atoms with Gasteiger partial charge in [-0.3, -0.25) is 0 Å². The van der Waals surface area contributed by atoms with Gasteiger partial charge in [-0.05, 0) is 44.0 Å². The molecule has 1 heterocycles. The number of hydrogen-bond donors (Lipinski definition) is 0. The Hall–Kier alpha value is -0.730. The summed E-state index contributed by atoms with van der Waals surface area (Å²) in [6.07, 6.45) is 0.305. The molecule has 2 unspecified atom stereocenters. The first-order valence-corrected chi connectivity index (χ1v) is 6.69. The molecule has 0 saturated carbocycles. The monoisotopic (exact) mass is 253 g/mol. The second-order valence-electron chi connectivity index (χ2n) is 4.89. The molecule has 1 saturated heterocycles. The van der Waals surface area contributed by atoms with E-state index in [9.17, 15) is 0 Å². The maximum absolute atomic E-state index is 5.89. The van der Waals surface area contributed by atoms with Crippen LogP contribution in [0.15, 0.2) is 18.2 Å². The maximum Gasteiger partial charge on any atom is 0.0723 e. The van der Waals surface area contributed by atoms with Gasteiger partial charge in [-0.1, -0.05) is 6.07 Å². The van der Waals surface area contributed by atoms with Gasteiger partial charge < -0.3 is 9.64 Å². The van der Waals surface area contributed by atoms with Gasteiger partial charge in [-0.25, -0.2) is 0 Å². The molecule has 2 atom stereocenters. The summed E-state index contributed by atoms with van der Waals surface area (Å²) in [6.45, 7) is 8.21. The number of ether oxygens (including phenoxy) is 1. The van der Waals surface area contributed by atoms with E-state index in [4.69, 9.17) is 16.3 Å². The second kappa shape index (κ2) is 5.28. The summed E-state index contributed by atoms with van der Waals surface area (Å²) in [6, 6.07) is 6.96. The van der Waals surface area contributed by atoms with Gasteiger partial charge in [-0.15, -0.1) is 11.6 Å². The van der Waals surface area contributed by atoms with E-state index in [2.05, 4.69) is 43.9 Å². The summed E-state index contributed by atoms with van der Waals surface area (Å²) in [5, 5.41) is 0. The highest BCUT2D eigenvalue weighted by Gasteiger charge is 2.23. The van der Waals surface area contributed by atoms with E-state index in [1.54, 1.807) is 0 Å². The lowest BCUT2D eigenvalue weighted by Gasteiger charge is -2.38. The predicted molar refractivity (Wildman–Crippen MR) is 73.0 cm³/mol. The van der Waals surface area contributed by atoms with Gasteiger partial charge in [0.25, 0.3) is 0 Å². The zero-order valence-corrected chi connectivity index (χ0v) is 11.5. The fraction of sp³-hybridized carbons (Fsp3) is 0.571. The molecular weight excluding hydrogens is 234 g/mol. The minimum atomic E-state index is 0.305. The first-order chi connectivity index (χ1) is 8.11. The number of nitrogens with zero attached hydrogens (tertiary/aromatic N) is 1. The third-order valence-electron chi connectivity index (χ3n) is 3.41. The van der Waals surface area contributed by atoms with Crippen LogP contribution in [0.1, 0.15) is 25.0 Å². The minimum absolute atomic E-state index is 0.305. The SMILES string of the molecule is Cc1cc(N2CC(C)OCC2C)ccc1CCl. The molecule has 1 fully saturated rings. The van der Waals surface area contributed by atoms with Crippen molar-refractivity contribution in [2.24, 2.45) is 0 Å². The van der Waals surface area contributed by atoms with Crippen LogP contribution in [0.3, 0.4) is 0 Å². The van der Waals surface area contributed by atoms with Crippen LogP contribution in [0.25, 0.3) is 0 Å². The van der Waals surface area contributed by atoms with Crippen molar-refractivity contribution in [1.82, 2.24) is 0 Å². The molecule has 0 bridgehead atoms. The fourth-order valence-electron chi connectivity index (χ4n) is 2.27. The van der Waals surface area contributed by atoms with Crippen LogP contribution in [0, 0.1) is 6.92 Å². The zero-order valence-electron chi connectivity index (χ0n) is 10.7. The Kier molecular flexibility index (Phi) is 3.95. The number of aryl methyl sites for hydroxylation is 1. The fourth-order valence-corrected chi connectivity index (χ4v) is 2.57. The zero-order chi connectivity index (χ0) is 12.4. The van der Waals surface area contributed by atoms with Gasteiger partial charge >= 0.3 is 0 Å². The summed E-state index contributed by atoms with van der Waals surface area (Å²) in [5.41, 5.74) is 3.76. The average molecular weight is 254 g/mol. The highest BCUT2D eigenvalue weighted by Crippen LogP contribution is 2.24. The Morgan fingerprint density at radius 2 is 2.18 bits per heavy atom. The largest absolute Gasteiger partial charge is 0.375 e. The molecule has 2 rings (SSSR count). The molecule has 1 aliphatic rings. The molecule has 1 aliphatic heterocycles. The summed E-state index contributed by atoms with van der Waals surface area (Å²) >= 11 is 5.89. The van der Waals surface area contributed by atoms with Crippen LogP contribution in [-0.2, 0) is 10.6 Å². The van der Waals surface area contributed by atoms with E-state index in [1.807, 2.05) is 0 Å². The smallest absolute Gasteiger partial charge is 0.0723 e. The van der Waals surface area contributed by atoms with Gasteiger partial charge in [0.05, 0.1) is 12.7 Å². The van der Waals surface area contributed by atoms with Crippen molar-refractivity contribution in [3.63, 3.8) is 0 Å². The topological polar surface area (TPSA) is 12.5 Å². The molecule has 17 heavy (non-hydrogen) atoms. The van der Waals surface area contributed by atoms with E-state index in [-0.39, 0.29) is 0 Å². The second-order valence-corrected chi connectivity index (χ2v) is 5.16. The van der Waals surface area contributed by atoms with E-state index in [0.29, 0.717) is 18.0 Å². The Labute approximate surface area is 109 Å². The van der Waals surface area contributed by atoms with Crippen molar-refractivity contribution in [2.75, 3.05) is 18.1 Å². The number of rotatable bonds is 2. The van der Waals surface area contributed by atoms with Crippen molar-refractivity contribution < 1.29 is 4.74 Å². The number of alkyl halides is 1. The van der Waals surface area contributed by atoms with E-state index >= 15 is 0 Å². The molecule has 0 spiro atoms. The first-order valence-electron chi connectivity index (χ1n) is 6.15. The predicted octanol–water partition coefficient (Wildman–Crippen LogP) is 3.35. The van der Waals surface area contributed by atoms with E-state index in [0.717, 1.165) is 13.2 Å². The normalized spacial score (nSPS) is 25.1. The van der Waals surface area contributed by atoms with Gasteiger partial charge in [0.1, 0.15) is 0 Å². The molecule has 1 aromatic carbocycles. The molecule has 0 radical (unpaired) electrons. The summed E-state index contributed by atoms with van der Waals surface area (Å²) in [4.78, 5) is 2.42. The third kappa shape index (κ3) is 2.75. The molecule has 3 heteroatoms. The molecule has 0 aromatic heterocycles. The molecular formula is C14H20ClNO. The van der Waals surface area contributed by atoms with Gasteiger partial charge in [0.15, 0.2) is 0 Å². The standard InChI is InChI=1S/C14H20ClNO/c1-10-6-14(5-4-13(10)7-15)16-8-12(3)17-9-11(16)2/h4-6,11-12H,7-9H2,1-3H3. The molecule has 2 nitrogen and oxygen atoms in total. The van der Waals surface area contributed by atoms with Crippen molar-refractivity contribution in [3.05, 3.63) is 29.3 Å². The van der Waals surface area contributed by atoms with Crippen molar-refractivity contribution in [1.29, 1.82) is 0 Å². The lowest BCUT2D eigenvalue weighted by Crippen LogP contribution is -2.47. The van der Waals surface area contributed by atoms with E-state index in [1.165, 1.54) is 16.8 Å². The Morgan fingerprint density at radius 3 is 2.82 bits per heavy atom. The van der Waals surface area contributed by atoms with Crippen LogP contribution in [0.5, 0.6) is 0 Å². The summed E-state index contributed by atoms with van der Waals surface area (Å²) < 4.78 is 5.65. The van der Waals surface area contributed by atoms with Gasteiger partial charge in [-0.2, -0.15) is 0 Å². The van der Waals surface area contributed by atoms with Crippen molar-refractivity contribution in [2.45, 2.75) is 38.8 Å². The van der Waals surface area contributed by atoms with Gasteiger partial charge in [0, 0.05) is 24.2 Å². The highest BCUT2D eigenvalue weighted by atomic mass is 35.5.